The molecule has 2 aliphatic rings. The second kappa shape index (κ2) is 7.82. The van der Waals surface area contributed by atoms with Crippen LogP contribution in [0.2, 0.25) is 0 Å². The van der Waals surface area contributed by atoms with Gasteiger partial charge in [-0.2, -0.15) is 4.39 Å². The van der Waals surface area contributed by atoms with Gasteiger partial charge < -0.3 is 45.2 Å². The Morgan fingerprint density at radius 2 is 1.62 bits per heavy atom. The van der Waals surface area contributed by atoms with Crippen LogP contribution < -0.4 is 11.2 Å². The van der Waals surface area contributed by atoms with E-state index >= 15 is 0 Å². The van der Waals surface area contributed by atoms with Crippen molar-refractivity contribution in [3.8, 4) is 0 Å². The number of halogens is 1. The number of hydrogen-bond acceptors (Lipinski definition) is 11. The van der Waals surface area contributed by atoms with Gasteiger partial charge in [0, 0.05) is 0 Å². The zero-order chi connectivity index (χ0) is 21.7. The summed E-state index contributed by atoms with van der Waals surface area (Å²) < 4.78 is 25.0. The molecule has 0 bridgehead atoms. The minimum absolute atomic E-state index is 0.306. The van der Waals surface area contributed by atoms with Gasteiger partial charge >= 0.3 is 5.69 Å². The number of ether oxygens (including phenoxy) is 2. The fourth-order valence-corrected chi connectivity index (χ4v) is 3.70. The van der Waals surface area contributed by atoms with Gasteiger partial charge in [0.25, 0.3) is 5.56 Å². The van der Waals surface area contributed by atoms with Gasteiger partial charge in [0.05, 0.1) is 19.4 Å². The molecule has 8 N–H and O–H groups in total. The molecule has 164 valence electrons. The molecule has 3 heterocycles. The van der Waals surface area contributed by atoms with E-state index in [4.69, 9.17) is 9.47 Å². The zero-order valence-electron chi connectivity index (χ0n) is 14.7. The molecule has 0 aliphatic carbocycles. The van der Waals surface area contributed by atoms with E-state index in [9.17, 15) is 49.7 Å². The highest BCUT2D eigenvalue weighted by Gasteiger charge is 2.65. The Labute approximate surface area is 160 Å². The van der Waals surface area contributed by atoms with Crippen molar-refractivity contribution in [1.29, 1.82) is 0 Å². The van der Waals surface area contributed by atoms with Crippen LogP contribution in [0.25, 0.3) is 0 Å². The van der Waals surface area contributed by atoms with Crippen molar-refractivity contribution in [2.45, 2.75) is 54.6 Å². The Morgan fingerprint density at radius 3 is 2.17 bits per heavy atom. The fourth-order valence-electron chi connectivity index (χ4n) is 3.70. The van der Waals surface area contributed by atoms with Crippen LogP contribution >= 0.6 is 0 Å². The lowest BCUT2D eigenvalue weighted by Gasteiger charge is -2.48. The van der Waals surface area contributed by atoms with Crippen LogP contribution in [0.15, 0.2) is 15.8 Å². The molecule has 13 nitrogen and oxygen atoms in total. The Balaban J connectivity index is 2.24. The largest absolute Gasteiger partial charge is 0.394 e. The van der Waals surface area contributed by atoms with Crippen LogP contribution in [0.3, 0.4) is 0 Å². The molecule has 29 heavy (non-hydrogen) atoms. The maximum absolute atomic E-state index is 13.9. The first-order valence-electron chi connectivity index (χ1n) is 8.57. The highest BCUT2D eigenvalue weighted by atomic mass is 19.1. The van der Waals surface area contributed by atoms with E-state index in [0.29, 0.717) is 10.8 Å². The topological polar surface area (TPSA) is 215 Å². The van der Waals surface area contributed by atoms with Crippen LogP contribution in [0.5, 0.6) is 0 Å². The van der Waals surface area contributed by atoms with Gasteiger partial charge in [0.2, 0.25) is 11.5 Å². The van der Waals surface area contributed by atoms with Crippen molar-refractivity contribution in [2.24, 2.45) is 0 Å². The van der Waals surface area contributed by atoms with Crippen molar-refractivity contribution < 1.29 is 49.6 Å². The van der Waals surface area contributed by atoms with Crippen LogP contribution in [-0.2, 0) is 15.2 Å². The average Bonchev–Trinajstić information content (AvgIpc) is 2.95. The summed E-state index contributed by atoms with van der Waals surface area (Å²) in [6.07, 6.45) is -14.5. The molecule has 0 spiro atoms. The standard InChI is InChI=1S/C15H21FN2O11/c16-4-1-18(14(27)17-13(4)26)15(11(25)8(22)6(3-20)29-15)12-10(24)9(23)7(21)5(2-19)28-12/h1,5-12,19-25H,2-3H2,(H,17,26,27)/t5-,6-,7+,8-,9+,10-,11-,12?,15+/m1/s1. The molecule has 0 saturated carbocycles. The normalized spacial score (nSPS) is 42.9. The molecule has 14 heteroatoms. The number of H-pyrrole nitrogens is 1. The first-order valence-corrected chi connectivity index (χ1v) is 8.57. The van der Waals surface area contributed by atoms with E-state index in [1.54, 1.807) is 4.98 Å². The molecule has 0 aromatic carbocycles. The molecule has 3 rings (SSSR count). The molecule has 1 aromatic heterocycles. The quantitative estimate of drug-likeness (QED) is 0.228. The van der Waals surface area contributed by atoms with Crippen molar-refractivity contribution in [2.75, 3.05) is 13.2 Å². The Hall–Kier alpha value is -1.75. The van der Waals surface area contributed by atoms with E-state index in [0.717, 1.165) is 0 Å². The molecule has 1 aromatic rings. The third-order valence-corrected chi connectivity index (χ3v) is 5.22. The maximum atomic E-state index is 13.9. The number of nitrogens with zero attached hydrogens (tertiary/aromatic N) is 1. The Morgan fingerprint density at radius 1 is 1.00 bits per heavy atom. The van der Waals surface area contributed by atoms with Gasteiger partial charge in [-0.1, -0.05) is 0 Å². The number of nitrogens with one attached hydrogen (secondary N) is 1. The monoisotopic (exact) mass is 424 g/mol. The highest BCUT2D eigenvalue weighted by Crippen LogP contribution is 2.43. The van der Waals surface area contributed by atoms with Crippen LogP contribution in [0, 0.1) is 5.82 Å². The summed E-state index contributed by atoms with van der Waals surface area (Å²) in [4.78, 5) is 25.4. The Bertz CT molecular complexity index is 859. The predicted molar refractivity (Wildman–Crippen MR) is 87.0 cm³/mol. The summed E-state index contributed by atoms with van der Waals surface area (Å²) in [7, 11) is 0. The molecule has 2 saturated heterocycles. The number of aliphatic hydroxyl groups excluding tert-OH is 7. The summed E-state index contributed by atoms with van der Waals surface area (Å²) in [6.45, 7) is -1.74. The molecule has 2 fully saturated rings. The SMILES string of the molecule is O=c1[nH]c(=O)n([C@]2(C3O[C@H](CO)[C@H](O)[C@H](O)[C@H]3O)O[C@H](CO)[C@@H](O)[C@H]2O)cc1F. The number of rotatable bonds is 4. The van der Waals surface area contributed by atoms with Crippen molar-refractivity contribution in [3.63, 3.8) is 0 Å². The summed E-state index contributed by atoms with van der Waals surface area (Å²) in [5, 5.41) is 70.2. The summed E-state index contributed by atoms with van der Waals surface area (Å²) in [5.41, 5.74) is -5.40. The van der Waals surface area contributed by atoms with Gasteiger partial charge in [-0.05, 0) is 0 Å². The fraction of sp³-hybridized carbons (Fsp3) is 0.733. The van der Waals surface area contributed by atoms with Gasteiger partial charge in [-0.25, -0.2) is 4.79 Å². The minimum Gasteiger partial charge on any atom is -0.394 e. The van der Waals surface area contributed by atoms with Gasteiger partial charge in [0.1, 0.15) is 48.8 Å². The second-order valence-electron chi connectivity index (χ2n) is 6.88. The molecule has 1 unspecified atom stereocenters. The van der Waals surface area contributed by atoms with Crippen molar-refractivity contribution in [1.82, 2.24) is 9.55 Å². The number of aromatic amines is 1. The van der Waals surface area contributed by atoms with E-state index in [1.807, 2.05) is 0 Å². The van der Waals surface area contributed by atoms with Crippen LogP contribution in [-0.4, -0.2) is 107 Å². The molecule has 0 radical (unpaired) electrons. The predicted octanol–water partition coefficient (Wildman–Crippen LogP) is -5.72. The van der Waals surface area contributed by atoms with Gasteiger partial charge in [0.15, 0.2) is 0 Å². The second-order valence-corrected chi connectivity index (χ2v) is 6.88. The maximum Gasteiger partial charge on any atom is 0.331 e. The molecular weight excluding hydrogens is 403 g/mol. The molecule has 9 atom stereocenters. The van der Waals surface area contributed by atoms with Crippen molar-refractivity contribution >= 4 is 0 Å². The van der Waals surface area contributed by atoms with E-state index in [-0.39, 0.29) is 0 Å². The summed E-state index contributed by atoms with van der Waals surface area (Å²) in [5.74, 6) is -1.49. The van der Waals surface area contributed by atoms with Crippen LogP contribution in [0.1, 0.15) is 0 Å². The third kappa shape index (κ3) is 3.22. The van der Waals surface area contributed by atoms with E-state index in [1.165, 1.54) is 0 Å². The van der Waals surface area contributed by atoms with E-state index < -0.39 is 84.8 Å². The van der Waals surface area contributed by atoms with E-state index in [2.05, 4.69) is 0 Å². The smallest absolute Gasteiger partial charge is 0.331 e. The summed E-state index contributed by atoms with van der Waals surface area (Å²) >= 11 is 0. The molecular formula is C15H21FN2O11. The zero-order valence-corrected chi connectivity index (χ0v) is 14.7. The first-order chi connectivity index (χ1) is 13.6. The lowest BCUT2D eigenvalue weighted by atomic mass is 9.86. The number of hydrogen-bond donors (Lipinski definition) is 8. The summed E-state index contributed by atoms with van der Waals surface area (Å²) in [6, 6.07) is 0. The average molecular weight is 424 g/mol. The van der Waals surface area contributed by atoms with Crippen molar-refractivity contribution in [3.05, 3.63) is 32.9 Å². The van der Waals surface area contributed by atoms with Gasteiger partial charge in [-0.15, -0.1) is 0 Å². The lowest BCUT2D eigenvalue weighted by molar-refractivity contribution is -0.310. The first kappa shape index (κ1) is 21.9. The Kier molecular flexibility index (Phi) is 5.92. The molecule has 2 aliphatic heterocycles. The van der Waals surface area contributed by atoms with Crippen LogP contribution in [0.4, 0.5) is 4.39 Å². The molecule has 0 amide bonds. The minimum atomic E-state index is -2.66. The highest BCUT2D eigenvalue weighted by molar-refractivity contribution is 5.10. The number of aromatic nitrogens is 2. The lowest BCUT2D eigenvalue weighted by Crippen LogP contribution is -2.69. The number of aliphatic hydroxyl groups is 7. The van der Waals surface area contributed by atoms with Gasteiger partial charge in [-0.3, -0.25) is 14.3 Å². The third-order valence-electron chi connectivity index (χ3n) is 5.22.